The van der Waals surface area contributed by atoms with Gasteiger partial charge in [-0.3, -0.25) is 4.79 Å². The summed E-state index contributed by atoms with van der Waals surface area (Å²) in [6.45, 7) is 8.12. The van der Waals surface area contributed by atoms with Gasteiger partial charge in [0.25, 0.3) is 0 Å². The average Bonchev–Trinajstić information content (AvgIpc) is 2.43. The summed E-state index contributed by atoms with van der Waals surface area (Å²) in [5, 5.41) is 0. The van der Waals surface area contributed by atoms with Gasteiger partial charge in [-0.1, -0.05) is 84.6 Å². The maximum absolute atomic E-state index is 11.8. The number of ketones is 1. The van der Waals surface area contributed by atoms with E-state index in [1.807, 2.05) is 0 Å². The number of carbonyl (C=O) groups excluding carboxylic acids is 1. The van der Waals surface area contributed by atoms with Crippen LogP contribution in [0.4, 0.5) is 0 Å². The van der Waals surface area contributed by atoms with Crippen molar-refractivity contribution in [1.29, 1.82) is 0 Å². The molecule has 0 aromatic heterocycles. The summed E-state index contributed by atoms with van der Waals surface area (Å²) >= 11 is 0. The van der Waals surface area contributed by atoms with Crippen molar-refractivity contribution < 1.29 is 4.79 Å². The topological polar surface area (TPSA) is 17.1 Å². The molecule has 0 aliphatic carbocycles. The summed E-state index contributed by atoms with van der Waals surface area (Å²) in [6, 6.07) is 0. The lowest BCUT2D eigenvalue weighted by Crippen LogP contribution is -2.12. The van der Waals surface area contributed by atoms with Gasteiger partial charge in [0.1, 0.15) is 0 Å². The fourth-order valence-electron chi connectivity index (χ4n) is 2.58. The Bertz CT molecular complexity index is 206. The molecule has 0 fully saturated rings. The molecular weight excluding hydrogens is 232 g/mol. The molecule has 112 valence electrons. The fourth-order valence-corrected chi connectivity index (χ4v) is 2.58. The molecule has 1 nitrogen and oxygen atoms in total. The number of hydrogen-bond acceptors (Lipinski definition) is 1. The van der Waals surface area contributed by atoms with Crippen LogP contribution in [-0.4, -0.2) is 5.78 Å². The Labute approximate surface area is 120 Å². The van der Waals surface area contributed by atoms with E-state index in [1.165, 1.54) is 70.3 Å². The lowest BCUT2D eigenvalue weighted by molar-refractivity contribution is -0.118. The van der Waals surface area contributed by atoms with Gasteiger partial charge >= 0.3 is 0 Å². The summed E-state index contributed by atoms with van der Waals surface area (Å²) in [6.07, 6.45) is 16.5. The first-order valence-corrected chi connectivity index (χ1v) is 8.42. The zero-order valence-electron chi connectivity index (χ0n) is 13.3. The summed E-state index contributed by atoms with van der Waals surface area (Å²) in [5.41, 5.74) is 0. The van der Waals surface area contributed by atoms with Crippen molar-refractivity contribution in [3.05, 3.63) is 12.7 Å². The lowest BCUT2D eigenvalue weighted by Gasteiger charge is -2.13. The highest BCUT2D eigenvalue weighted by Gasteiger charge is 2.14. The standard InChI is InChI=1S/C18H34O/c1-4-7-9-11-13-15-17(18(19)6-3)16-14-12-10-8-5-2/h6,17H,3-5,7-16H2,1-2H3. The van der Waals surface area contributed by atoms with E-state index in [0.717, 1.165) is 12.8 Å². The molecule has 0 saturated carbocycles. The van der Waals surface area contributed by atoms with Crippen LogP contribution >= 0.6 is 0 Å². The normalized spacial score (nSPS) is 10.9. The Balaban J connectivity index is 3.76. The molecule has 0 heterocycles. The first-order chi connectivity index (χ1) is 9.26. The van der Waals surface area contributed by atoms with Crippen molar-refractivity contribution in [2.45, 2.75) is 90.9 Å². The summed E-state index contributed by atoms with van der Waals surface area (Å²) in [7, 11) is 0. The lowest BCUT2D eigenvalue weighted by atomic mass is 9.90. The molecule has 0 atom stereocenters. The second-order valence-corrected chi connectivity index (χ2v) is 5.71. The van der Waals surface area contributed by atoms with Crippen LogP contribution in [0, 0.1) is 5.92 Å². The minimum atomic E-state index is 0.251. The van der Waals surface area contributed by atoms with Gasteiger partial charge in [0.05, 0.1) is 0 Å². The Morgan fingerprint density at radius 1 is 0.842 bits per heavy atom. The predicted molar refractivity (Wildman–Crippen MR) is 85.4 cm³/mol. The molecule has 0 bridgehead atoms. The third kappa shape index (κ3) is 11.0. The first-order valence-electron chi connectivity index (χ1n) is 8.42. The zero-order chi connectivity index (χ0) is 14.3. The summed E-state index contributed by atoms with van der Waals surface area (Å²) < 4.78 is 0. The van der Waals surface area contributed by atoms with Gasteiger partial charge < -0.3 is 0 Å². The monoisotopic (exact) mass is 266 g/mol. The molecule has 0 amide bonds. The van der Waals surface area contributed by atoms with Crippen LogP contribution in [0.3, 0.4) is 0 Å². The van der Waals surface area contributed by atoms with Gasteiger partial charge in [-0.2, -0.15) is 0 Å². The van der Waals surface area contributed by atoms with Gasteiger partial charge in [0.2, 0.25) is 0 Å². The van der Waals surface area contributed by atoms with E-state index in [1.54, 1.807) is 0 Å². The van der Waals surface area contributed by atoms with Gasteiger partial charge in [-0.05, 0) is 18.9 Å². The largest absolute Gasteiger partial charge is 0.295 e. The van der Waals surface area contributed by atoms with Crippen molar-refractivity contribution in [2.75, 3.05) is 0 Å². The van der Waals surface area contributed by atoms with Crippen molar-refractivity contribution in [2.24, 2.45) is 5.92 Å². The van der Waals surface area contributed by atoms with Crippen LogP contribution in [0.25, 0.3) is 0 Å². The second-order valence-electron chi connectivity index (χ2n) is 5.71. The SMILES string of the molecule is C=CC(=O)C(CCCCCCC)CCCCCCC. The van der Waals surface area contributed by atoms with Gasteiger partial charge in [0.15, 0.2) is 5.78 Å². The minimum Gasteiger partial charge on any atom is -0.295 e. The van der Waals surface area contributed by atoms with Gasteiger partial charge in [-0.25, -0.2) is 0 Å². The van der Waals surface area contributed by atoms with Crippen LogP contribution in [0.2, 0.25) is 0 Å². The van der Waals surface area contributed by atoms with Crippen LogP contribution in [0.15, 0.2) is 12.7 Å². The van der Waals surface area contributed by atoms with Crippen LogP contribution in [0.1, 0.15) is 90.9 Å². The molecule has 0 radical (unpaired) electrons. The molecular formula is C18H34O. The number of allylic oxidation sites excluding steroid dienone is 1. The molecule has 0 spiro atoms. The van der Waals surface area contributed by atoms with Crippen molar-refractivity contribution in [3.63, 3.8) is 0 Å². The Morgan fingerprint density at radius 2 is 1.26 bits per heavy atom. The van der Waals surface area contributed by atoms with Crippen molar-refractivity contribution in [3.8, 4) is 0 Å². The molecule has 0 aliphatic rings. The number of unbranched alkanes of at least 4 members (excludes halogenated alkanes) is 8. The molecule has 0 saturated heterocycles. The Hall–Kier alpha value is -0.590. The van der Waals surface area contributed by atoms with Crippen LogP contribution in [-0.2, 0) is 4.79 Å². The highest BCUT2D eigenvalue weighted by molar-refractivity contribution is 5.91. The smallest absolute Gasteiger partial charge is 0.158 e. The maximum atomic E-state index is 11.8. The maximum Gasteiger partial charge on any atom is 0.158 e. The molecule has 0 rings (SSSR count). The first kappa shape index (κ1) is 18.4. The zero-order valence-corrected chi connectivity index (χ0v) is 13.3. The highest BCUT2D eigenvalue weighted by atomic mass is 16.1. The van der Waals surface area contributed by atoms with E-state index in [0.29, 0.717) is 0 Å². The molecule has 0 unspecified atom stereocenters. The second kappa shape index (κ2) is 13.8. The number of rotatable bonds is 14. The van der Waals surface area contributed by atoms with E-state index < -0.39 is 0 Å². The minimum absolute atomic E-state index is 0.251. The quantitative estimate of drug-likeness (QED) is 0.275. The van der Waals surface area contributed by atoms with Crippen molar-refractivity contribution >= 4 is 5.78 Å². The molecule has 1 heteroatoms. The molecule has 0 aromatic carbocycles. The molecule has 0 aromatic rings. The molecule has 19 heavy (non-hydrogen) atoms. The van der Waals surface area contributed by atoms with E-state index in [2.05, 4.69) is 20.4 Å². The van der Waals surface area contributed by atoms with E-state index in [-0.39, 0.29) is 11.7 Å². The average molecular weight is 266 g/mol. The van der Waals surface area contributed by atoms with Gasteiger partial charge in [0, 0.05) is 5.92 Å². The summed E-state index contributed by atoms with van der Waals surface area (Å²) in [5.74, 6) is 0.520. The van der Waals surface area contributed by atoms with Crippen LogP contribution < -0.4 is 0 Å². The summed E-state index contributed by atoms with van der Waals surface area (Å²) in [4.78, 5) is 11.8. The highest BCUT2D eigenvalue weighted by Crippen LogP contribution is 2.20. The fraction of sp³-hybridized carbons (Fsp3) is 0.833. The molecule has 0 N–H and O–H groups in total. The van der Waals surface area contributed by atoms with E-state index in [9.17, 15) is 4.79 Å². The number of carbonyl (C=O) groups is 1. The third-order valence-electron chi connectivity index (χ3n) is 3.92. The Kier molecular flexibility index (Phi) is 13.4. The van der Waals surface area contributed by atoms with Crippen molar-refractivity contribution in [1.82, 2.24) is 0 Å². The van der Waals surface area contributed by atoms with E-state index in [4.69, 9.17) is 0 Å². The van der Waals surface area contributed by atoms with E-state index >= 15 is 0 Å². The molecule has 0 aliphatic heterocycles. The van der Waals surface area contributed by atoms with Crippen LogP contribution in [0.5, 0.6) is 0 Å². The predicted octanol–water partition coefficient (Wildman–Crippen LogP) is 6.08. The van der Waals surface area contributed by atoms with Gasteiger partial charge in [-0.15, -0.1) is 0 Å². The number of hydrogen-bond donors (Lipinski definition) is 0. The Morgan fingerprint density at radius 3 is 1.63 bits per heavy atom. The third-order valence-corrected chi connectivity index (χ3v) is 3.92.